The molecule has 0 fully saturated rings. The number of amides is 1. The number of aromatic hydroxyl groups is 1. The molecule has 0 aromatic heterocycles. The third-order valence-corrected chi connectivity index (χ3v) is 2.86. The lowest BCUT2D eigenvalue weighted by Crippen LogP contribution is -2.14. The zero-order valence-corrected chi connectivity index (χ0v) is 11.1. The minimum absolute atomic E-state index is 0.0966. The van der Waals surface area contributed by atoms with Gasteiger partial charge in [0.1, 0.15) is 11.5 Å². The topological polar surface area (TPSA) is 84.6 Å². The van der Waals surface area contributed by atoms with Gasteiger partial charge >= 0.3 is 0 Å². The second-order valence-corrected chi connectivity index (χ2v) is 4.31. The minimum atomic E-state index is -0.224. The number of nitrogens with two attached hydrogens (primary N) is 1. The second kappa shape index (κ2) is 5.97. The van der Waals surface area contributed by atoms with Crippen LogP contribution in [0.3, 0.4) is 0 Å². The van der Waals surface area contributed by atoms with Crippen molar-refractivity contribution in [3.05, 3.63) is 48.0 Å². The van der Waals surface area contributed by atoms with E-state index in [1.165, 1.54) is 7.11 Å². The van der Waals surface area contributed by atoms with Gasteiger partial charge in [-0.1, -0.05) is 18.2 Å². The van der Waals surface area contributed by atoms with Gasteiger partial charge in [-0.15, -0.1) is 0 Å². The van der Waals surface area contributed by atoms with Crippen molar-refractivity contribution in [2.24, 2.45) is 0 Å². The van der Waals surface area contributed by atoms with Gasteiger partial charge in [0.25, 0.3) is 0 Å². The maximum absolute atomic E-state index is 11.9. The first-order valence-corrected chi connectivity index (χ1v) is 6.10. The smallest absolute Gasteiger partial charge is 0.228 e. The summed E-state index contributed by atoms with van der Waals surface area (Å²) in [6, 6.07) is 11.7. The summed E-state index contributed by atoms with van der Waals surface area (Å²) in [6.45, 7) is 0. The molecule has 0 spiro atoms. The number of methoxy groups -OCH3 is 1. The van der Waals surface area contributed by atoms with Crippen molar-refractivity contribution >= 4 is 17.3 Å². The van der Waals surface area contributed by atoms with Crippen LogP contribution >= 0.6 is 0 Å². The Balaban J connectivity index is 2.07. The molecule has 0 aliphatic carbocycles. The van der Waals surface area contributed by atoms with Crippen molar-refractivity contribution in [2.45, 2.75) is 6.42 Å². The molecule has 4 N–H and O–H groups in total. The predicted molar refractivity (Wildman–Crippen MR) is 77.8 cm³/mol. The van der Waals surface area contributed by atoms with Gasteiger partial charge < -0.3 is 20.9 Å². The molecule has 5 nitrogen and oxygen atoms in total. The third-order valence-electron chi connectivity index (χ3n) is 2.86. The molecule has 0 saturated carbocycles. The van der Waals surface area contributed by atoms with E-state index in [1.807, 2.05) is 0 Å². The summed E-state index contributed by atoms with van der Waals surface area (Å²) in [5.41, 5.74) is 7.38. The number of phenolic OH excluding ortho intramolecular Hbond substituents is 1. The van der Waals surface area contributed by atoms with Gasteiger partial charge in [0.05, 0.1) is 19.2 Å². The molecular formula is C15H16N2O3. The van der Waals surface area contributed by atoms with Crippen molar-refractivity contribution in [2.75, 3.05) is 18.2 Å². The third kappa shape index (κ3) is 3.20. The number of nitrogens with one attached hydrogen (secondary N) is 1. The number of rotatable bonds is 4. The number of hydrogen-bond acceptors (Lipinski definition) is 4. The lowest BCUT2D eigenvalue weighted by Gasteiger charge is -2.09. The highest BCUT2D eigenvalue weighted by Gasteiger charge is 2.08. The quantitative estimate of drug-likeness (QED) is 0.745. The van der Waals surface area contributed by atoms with E-state index in [9.17, 15) is 9.90 Å². The summed E-state index contributed by atoms with van der Waals surface area (Å²) >= 11 is 0. The average Bonchev–Trinajstić information content (AvgIpc) is 2.43. The van der Waals surface area contributed by atoms with Crippen molar-refractivity contribution in [3.8, 4) is 11.5 Å². The Morgan fingerprint density at radius 3 is 2.75 bits per heavy atom. The fraction of sp³-hybridized carbons (Fsp3) is 0.133. The summed E-state index contributed by atoms with van der Waals surface area (Å²) in [6.07, 6.45) is 0.0966. The van der Waals surface area contributed by atoms with Crippen LogP contribution in [0.15, 0.2) is 42.5 Å². The van der Waals surface area contributed by atoms with Crippen molar-refractivity contribution < 1.29 is 14.6 Å². The molecule has 0 saturated heterocycles. The van der Waals surface area contributed by atoms with Gasteiger partial charge in [0.2, 0.25) is 5.91 Å². The normalized spacial score (nSPS) is 10.1. The fourth-order valence-electron chi connectivity index (χ4n) is 1.83. The van der Waals surface area contributed by atoms with E-state index in [4.69, 9.17) is 10.5 Å². The van der Waals surface area contributed by atoms with E-state index < -0.39 is 0 Å². The van der Waals surface area contributed by atoms with Gasteiger partial charge in [-0.2, -0.15) is 0 Å². The average molecular weight is 272 g/mol. The lowest BCUT2D eigenvalue weighted by atomic mass is 10.1. The number of carbonyl (C=O) groups excluding carboxylic acids is 1. The number of anilines is 2. The number of phenols is 1. The van der Waals surface area contributed by atoms with E-state index in [-0.39, 0.29) is 18.1 Å². The van der Waals surface area contributed by atoms with Crippen molar-refractivity contribution in [1.82, 2.24) is 0 Å². The highest BCUT2D eigenvalue weighted by molar-refractivity contribution is 5.93. The molecule has 0 aliphatic rings. The summed E-state index contributed by atoms with van der Waals surface area (Å²) in [4.78, 5) is 11.9. The minimum Gasteiger partial charge on any atom is -0.508 e. The zero-order chi connectivity index (χ0) is 14.5. The highest BCUT2D eigenvalue weighted by Crippen LogP contribution is 2.25. The highest BCUT2D eigenvalue weighted by atomic mass is 16.5. The summed E-state index contributed by atoms with van der Waals surface area (Å²) in [5, 5.41) is 12.4. The van der Waals surface area contributed by atoms with Gasteiger partial charge in [-0.25, -0.2) is 0 Å². The number of benzene rings is 2. The first kappa shape index (κ1) is 13.7. The molecule has 2 rings (SSSR count). The Bertz CT molecular complexity index is 626. The molecule has 0 bridgehead atoms. The van der Waals surface area contributed by atoms with Crippen LogP contribution in [0.2, 0.25) is 0 Å². The van der Waals surface area contributed by atoms with E-state index in [0.717, 1.165) is 0 Å². The van der Waals surface area contributed by atoms with Gasteiger partial charge in [0.15, 0.2) is 0 Å². The van der Waals surface area contributed by atoms with E-state index >= 15 is 0 Å². The van der Waals surface area contributed by atoms with Gasteiger partial charge in [0, 0.05) is 17.3 Å². The maximum Gasteiger partial charge on any atom is 0.228 e. The molecule has 0 aliphatic heterocycles. The standard InChI is InChI=1S/C15H16N2O3/c1-20-14-9-11(6-7-12(14)16)17-15(19)8-10-4-2-3-5-13(10)18/h2-7,9,18H,8,16H2,1H3,(H,17,19). The Labute approximate surface area is 117 Å². The van der Waals surface area contributed by atoms with Crippen LogP contribution in [0.5, 0.6) is 11.5 Å². The van der Waals surface area contributed by atoms with Crippen LogP contribution < -0.4 is 15.8 Å². The number of ether oxygens (including phenoxy) is 1. The van der Waals surface area contributed by atoms with Crippen molar-refractivity contribution in [3.63, 3.8) is 0 Å². The largest absolute Gasteiger partial charge is 0.508 e. The second-order valence-electron chi connectivity index (χ2n) is 4.31. The van der Waals surface area contributed by atoms with Crippen LogP contribution in [0.25, 0.3) is 0 Å². The lowest BCUT2D eigenvalue weighted by molar-refractivity contribution is -0.115. The molecule has 0 unspecified atom stereocenters. The Morgan fingerprint density at radius 1 is 1.30 bits per heavy atom. The molecule has 2 aromatic rings. The Hall–Kier alpha value is -2.69. The van der Waals surface area contributed by atoms with Crippen LogP contribution in [0, 0.1) is 0 Å². The predicted octanol–water partition coefficient (Wildman–Crippen LogP) is 2.16. The monoisotopic (exact) mass is 272 g/mol. The Morgan fingerprint density at radius 2 is 2.05 bits per heavy atom. The van der Waals surface area contributed by atoms with Gasteiger partial charge in [-0.3, -0.25) is 4.79 Å². The molecule has 2 aromatic carbocycles. The molecule has 0 atom stereocenters. The first-order chi connectivity index (χ1) is 9.60. The molecule has 1 amide bonds. The summed E-state index contributed by atoms with van der Waals surface area (Å²) in [5.74, 6) is 0.390. The molecule has 0 heterocycles. The van der Waals surface area contributed by atoms with E-state index in [0.29, 0.717) is 22.7 Å². The van der Waals surface area contributed by atoms with Gasteiger partial charge in [-0.05, 0) is 18.2 Å². The Kier molecular flexibility index (Phi) is 4.10. The van der Waals surface area contributed by atoms with Crippen LogP contribution in [-0.4, -0.2) is 18.1 Å². The molecule has 0 radical (unpaired) electrons. The first-order valence-electron chi connectivity index (χ1n) is 6.10. The number of carbonyl (C=O) groups is 1. The molecule has 20 heavy (non-hydrogen) atoms. The van der Waals surface area contributed by atoms with Crippen LogP contribution in [0.1, 0.15) is 5.56 Å². The maximum atomic E-state index is 11.9. The number of para-hydroxylation sites is 1. The number of hydrogen-bond donors (Lipinski definition) is 3. The number of nitrogen functional groups attached to an aromatic ring is 1. The molecular weight excluding hydrogens is 256 g/mol. The van der Waals surface area contributed by atoms with Crippen LogP contribution in [0.4, 0.5) is 11.4 Å². The summed E-state index contributed by atoms with van der Waals surface area (Å²) < 4.78 is 5.09. The zero-order valence-electron chi connectivity index (χ0n) is 11.1. The van der Waals surface area contributed by atoms with E-state index in [1.54, 1.807) is 42.5 Å². The SMILES string of the molecule is COc1cc(NC(=O)Cc2ccccc2O)ccc1N. The fourth-order valence-corrected chi connectivity index (χ4v) is 1.83. The molecule has 5 heteroatoms. The van der Waals surface area contributed by atoms with E-state index in [2.05, 4.69) is 5.32 Å². The summed E-state index contributed by atoms with van der Waals surface area (Å²) in [7, 11) is 1.51. The molecule has 104 valence electrons. The van der Waals surface area contributed by atoms with Crippen LogP contribution in [-0.2, 0) is 11.2 Å². The van der Waals surface area contributed by atoms with Crippen molar-refractivity contribution in [1.29, 1.82) is 0 Å².